The van der Waals surface area contributed by atoms with Crippen molar-refractivity contribution in [2.75, 3.05) is 0 Å². The lowest BCUT2D eigenvalue weighted by atomic mass is 9.87. The van der Waals surface area contributed by atoms with Crippen LogP contribution in [0.1, 0.15) is 5.82 Å². The van der Waals surface area contributed by atoms with Crippen molar-refractivity contribution in [3.8, 4) is 0 Å². The number of nitrogens with two attached hydrogens (primary N) is 1. The van der Waals surface area contributed by atoms with Gasteiger partial charge in [0.15, 0.2) is 11.4 Å². The molecule has 0 bridgehead atoms. The maximum absolute atomic E-state index is 10.8. The molecule has 3 N–H and O–H groups in total. The quantitative estimate of drug-likeness (QED) is 0.512. The lowest BCUT2D eigenvalue weighted by Gasteiger charge is -2.26. The third-order valence-electron chi connectivity index (χ3n) is 2.32. The number of aromatic amines is 1. The Bertz CT molecular complexity index is 424. The number of hydrogen-bond acceptors (Lipinski definition) is 5. The summed E-state index contributed by atoms with van der Waals surface area (Å²) in [4.78, 5) is 14.3. The van der Waals surface area contributed by atoms with Gasteiger partial charge in [0.2, 0.25) is 0 Å². The minimum atomic E-state index is -1.26. The van der Waals surface area contributed by atoms with Crippen LogP contribution in [0.25, 0.3) is 0 Å². The van der Waals surface area contributed by atoms with Gasteiger partial charge in [-0.1, -0.05) is 12.2 Å². The molecule has 78 valence electrons. The van der Waals surface area contributed by atoms with Gasteiger partial charge in [-0.3, -0.25) is 15.2 Å². The van der Waals surface area contributed by atoms with Crippen molar-refractivity contribution in [3.05, 3.63) is 46.6 Å². The van der Waals surface area contributed by atoms with Gasteiger partial charge in [0, 0.05) is 4.92 Å². The molecule has 0 saturated carbocycles. The third-order valence-corrected chi connectivity index (χ3v) is 2.32. The van der Waals surface area contributed by atoms with Crippen molar-refractivity contribution in [2.24, 2.45) is 5.73 Å². The molecule has 0 aromatic carbocycles. The van der Waals surface area contributed by atoms with Crippen molar-refractivity contribution < 1.29 is 4.92 Å². The highest BCUT2D eigenvalue weighted by atomic mass is 16.6. The van der Waals surface area contributed by atoms with Gasteiger partial charge in [0.25, 0.3) is 6.04 Å². The fourth-order valence-corrected chi connectivity index (χ4v) is 1.52. The molecular weight excluding hydrogens is 198 g/mol. The second kappa shape index (κ2) is 3.28. The molecule has 7 heteroatoms. The Morgan fingerprint density at radius 1 is 1.60 bits per heavy atom. The first kappa shape index (κ1) is 9.53. The molecule has 0 saturated heterocycles. The zero-order valence-corrected chi connectivity index (χ0v) is 7.70. The normalized spacial score (nSPS) is 29.3. The maximum Gasteiger partial charge on any atom is 0.260 e. The van der Waals surface area contributed by atoms with Crippen LogP contribution in [0.15, 0.2) is 30.6 Å². The summed E-state index contributed by atoms with van der Waals surface area (Å²) in [6.45, 7) is 0. The zero-order chi connectivity index (χ0) is 10.9. The predicted octanol–water partition coefficient (Wildman–Crippen LogP) is -0.270. The summed E-state index contributed by atoms with van der Waals surface area (Å²) >= 11 is 0. The van der Waals surface area contributed by atoms with E-state index < -0.39 is 16.5 Å². The summed E-state index contributed by atoms with van der Waals surface area (Å²) in [6, 6.07) is -1.03. The van der Waals surface area contributed by atoms with Gasteiger partial charge in [-0.15, -0.1) is 0 Å². The summed E-state index contributed by atoms with van der Waals surface area (Å²) < 4.78 is 0. The minimum Gasteiger partial charge on any atom is -0.310 e. The molecule has 0 fully saturated rings. The fourth-order valence-electron chi connectivity index (χ4n) is 1.52. The third kappa shape index (κ3) is 1.42. The number of H-pyrrole nitrogens is 1. The molecule has 2 rings (SSSR count). The van der Waals surface area contributed by atoms with E-state index in [0.717, 1.165) is 0 Å². The maximum atomic E-state index is 10.8. The SMILES string of the molecule is NC1(c2ncn[nH]2)C=CC=CC1[N+](=O)[O-]. The number of aromatic nitrogens is 3. The van der Waals surface area contributed by atoms with Crippen molar-refractivity contribution in [1.82, 2.24) is 15.2 Å². The van der Waals surface area contributed by atoms with Crippen molar-refractivity contribution in [3.63, 3.8) is 0 Å². The Balaban J connectivity index is 2.45. The number of nitro groups is 1. The van der Waals surface area contributed by atoms with E-state index >= 15 is 0 Å². The van der Waals surface area contributed by atoms with E-state index in [4.69, 9.17) is 5.73 Å². The van der Waals surface area contributed by atoms with E-state index in [9.17, 15) is 10.1 Å². The summed E-state index contributed by atoms with van der Waals surface area (Å²) in [7, 11) is 0. The van der Waals surface area contributed by atoms with Crippen LogP contribution >= 0.6 is 0 Å². The second-order valence-corrected chi connectivity index (χ2v) is 3.24. The van der Waals surface area contributed by atoms with Gasteiger partial charge >= 0.3 is 0 Å². The first-order chi connectivity index (χ1) is 7.14. The van der Waals surface area contributed by atoms with Crippen LogP contribution in [0.5, 0.6) is 0 Å². The summed E-state index contributed by atoms with van der Waals surface area (Å²) in [6.07, 6.45) is 7.49. The van der Waals surface area contributed by atoms with Crippen LogP contribution in [0.3, 0.4) is 0 Å². The standard InChI is InChI=1S/C8H9N5O2/c9-8(7-10-5-11-12-7)4-2-1-3-6(8)13(14)15/h1-6H,9H2,(H,10,11,12). The first-order valence-electron chi connectivity index (χ1n) is 4.29. The predicted molar refractivity (Wildman–Crippen MR) is 51.3 cm³/mol. The van der Waals surface area contributed by atoms with Crippen LogP contribution < -0.4 is 5.73 Å². The Kier molecular flexibility index (Phi) is 2.09. The molecule has 0 spiro atoms. The largest absolute Gasteiger partial charge is 0.310 e. The second-order valence-electron chi connectivity index (χ2n) is 3.24. The Hall–Kier alpha value is -2.02. The molecule has 1 heterocycles. The van der Waals surface area contributed by atoms with Gasteiger partial charge in [0.1, 0.15) is 6.33 Å². The van der Waals surface area contributed by atoms with Crippen molar-refractivity contribution >= 4 is 0 Å². The molecule has 2 atom stereocenters. The van der Waals surface area contributed by atoms with Crippen molar-refractivity contribution in [1.29, 1.82) is 0 Å². The van der Waals surface area contributed by atoms with E-state index in [1.807, 2.05) is 0 Å². The average molecular weight is 207 g/mol. The van der Waals surface area contributed by atoms with Crippen LogP contribution in [-0.2, 0) is 5.54 Å². The molecule has 1 aromatic heterocycles. The molecule has 7 nitrogen and oxygen atoms in total. The summed E-state index contributed by atoms with van der Waals surface area (Å²) in [5, 5.41) is 17.0. The Labute approximate surface area is 84.8 Å². The highest BCUT2D eigenvalue weighted by molar-refractivity contribution is 5.29. The molecule has 0 aliphatic heterocycles. The number of nitrogens with zero attached hydrogens (tertiary/aromatic N) is 3. The van der Waals surface area contributed by atoms with Gasteiger partial charge in [-0.05, 0) is 12.2 Å². The van der Waals surface area contributed by atoms with Gasteiger partial charge in [0.05, 0.1) is 0 Å². The van der Waals surface area contributed by atoms with Crippen LogP contribution in [-0.4, -0.2) is 26.1 Å². The van der Waals surface area contributed by atoms with E-state index in [0.29, 0.717) is 0 Å². The lowest BCUT2D eigenvalue weighted by molar-refractivity contribution is -0.519. The smallest absolute Gasteiger partial charge is 0.260 e. The molecule has 0 amide bonds. The number of nitrogens with one attached hydrogen (secondary N) is 1. The molecule has 1 aliphatic rings. The molecule has 1 aliphatic carbocycles. The van der Waals surface area contributed by atoms with E-state index in [-0.39, 0.29) is 5.82 Å². The van der Waals surface area contributed by atoms with E-state index in [2.05, 4.69) is 15.2 Å². The Morgan fingerprint density at radius 2 is 2.40 bits per heavy atom. The highest BCUT2D eigenvalue weighted by Gasteiger charge is 2.45. The van der Waals surface area contributed by atoms with Crippen LogP contribution in [0.4, 0.5) is 0 Å². The monoisotopic (exact) mass is 207 g/mol. The average Bonchev–Trinajstić information content (AvgIpc) is 2.71. The van der Waals surface area contributed by atoms with Crippen molar-refractivity contribution in [2.45, 2.75) is 11.6 Å². The van der Waals surface area contributed by atoms with E-state index in [1.165, 1.54) is 12.4 Å². The minimum absolute atomic E-state index is 0.282. The first-order valence-corrected chi connectivity index (χ1v) is 4.29. The number of allylic oxidation sites excluding steroid dienone is 2. The summed E-state index contributed by atoms with van der Waals surface area (Å²) in [5.41, 5.74) is 4.70. The molecule has 1 aromatic rings. The van der Waals surface area contributed by atoms with Gasteiger partial charge in [-0.2, -0.15) is 5.10 Å². The van der Waals surface area contributed by atoms with Gasteiger partial charge in [-0.25, -0.2) is 4.98 Å². The van der Waals surface area contributed by atoms with E-state index in [1.54, 1.807) is 18.2 Å². The molecular formula is C8H9N5O2. The Morgan fingerprint density at radius 3 is 3.00 bits per heavy atom. The number of rotatable bonds is 2. The van der Waals surface area contributed by atoms with Gasteiger partial charge < -0.3 is 5.73 Å². The molecule has 0 radical (unpaired) electrons. The fraction of sp³-hybridized carbons (Fsp3) is 0.250. The zero-order valence-electron chi connectivity index (χ0n) is 7.70. The number of hydrogen-bond donors (Lipinski definition) is 2. The van der Waals surface area contributed by atoms with Crippen LogP contribution in [0.2, 0.25) is 0 Å². The molecule has 15 heavy (non-hydrogen) atoms. The summed E-state index contributed by atoms with van der Waals surface area (Å²) in [5.74, 6) is 0.282. The topological polar surface area (TPSA) is 111 Å². The van der Waals surface area contributed by atoms with Crippen LogP contribution in [0, 0.1) is 10.1 Å². The molecule has 2 unspecified atom stereocenters. The highest BCUT2D eigenvalue weighted by Crippen LogP contribution is 2.26. The lowest BCUT2D eigenvalue weighted by Crippen LogP contribution is -2.50.